The summed E-state index contributed by atoms with van der Waals surface area (Å²) in [5.41, 5.74) is -0.352. The zero-order valence-electron chi connectivity index (χ0n) is 13.8. The van der Waals surface area contributed by atoms with Crippen molar-refractivity contribution in [2.45, 2.75) is 12.5 Å². The summed E-state index contributed by atoms with van der Waals surface area (Å²) in [5, 5.41) is 5.70. The van der Waals surface area contributed by atoms with Crippen LogP contribution in [-0.4, -0.2) is 29.3 Å². The molecule has 0 aromatic heterocycles. The minimum absolute atomic E-state index is 0.235. The summed E-state index contributed by atoms with van der Waals surface area (Å²) in [4.78, 5) is 38.2. The van der Waals surface area contributed by atoms with E-state index in [1.807, 2.05) is 6.07 Å². The van der Waals surface area contributed by atoms with Gasteiger partial charge in [-0.1, -0.05) is 59.6 Å². The van der Waals surface area contributed by atoms with Crippen molar-refractivity contribution in [1.82, 2.24) is 10.2 Å². The molecule has 3 rings (SSSR count). The topological polar surface area (TPSA) is 78.5 Å². The number of para-hydroxylation sites is 1. The van der Waals surface area contributed by atoms with E-state index in [1.165, 1.54) is 0 Å². The van der Waals surface area contributed by atoms with Gasteiger partial charge in [-0.3, -0.25) is 14.5 Å². The van der Waals surface area contributed by atoms with E-state index in [1.54, 1.807) is 49.4 Å². The molecule has 0 radical (unpaired) electrons. The third-order valence-electron chi connectivity index (χ3n) is 4.16. The van der Waals surface area contributed by atoms with Gasteiger partial charge in [-0.05, 0) is 24.6 Å². The van der Waals surface area contributed by atoms with Crippen molar-refractivity contribution in [2.24, 2.45) is 0 Å². The molecule has 26 heavy (non-hydrogen) atoms. The van der Waals surface area contributed by atoms with Gasteiger partial charge in [0.05, 0.1) is 15.7 Å². The Bertz CT molecular complexity index is 868. The number of carbonyl (C=O) groups excluding carboxylic acids is 3. The number of imide groups is 1. The van der Waals surface area contributed by atoms with E-state index >= 15 is 0 Å². The Balaban J connectivity index is 1.77. The molecule has 2 N–H and O–H groups in total. The summed E-state index contributed by atoms with van der Waals surface area (Å²) in [6, 6.07) is 13.0. The largest absolute Gasteiger partial charge is 0.325 e. The Morgan fingerprint density at radius 1 is 1.08 bits per heavy atom. The number of halogens is 2. The quantitative estimate of drug-likeness (QED) is 0.783. The van der Waals surface area contributed by atoms with Gasteiger partial charge in [-0.2, -0.15) is 0 Å². The number of anilines is 1. The van der Waals surface area contributed by atoms with E-state index in [0.717, 1.165) is 4.90 Å². The van der Waals surface area contributed by atoms with Crippen LogP contribution < -0.4 is 10.6 Å². The summed E-state index contributed by atoms with van der Waals surface area (Å²) >= 11 is 12.0. The van der Waals surface area contributed by atoms with E-state index in [2.05, 4.69) is 10.6 Å². The predicted molar refractivity (Wildman–Crippen MR) is 99.1 cm³/mol. The highest BCUT2D eigenvalue weighted by molar-refractivity contribution is 6.39. The maximum absolute atomic E-state index is 12.8. The molecule has 1 aliphatic heterocycles. The number of hydrogen-bond donors (Lipinski definition) is 2. The van der Waals surface area contributed by atoms with Gasteiger partial charge in [-0.15, -0.1) is 0 Å². The third kappa shape index (κ3) is 3.25. The minimum Gasteiger partial charge on any atom is -0.322 e. The van der Waals surface area contributed by atoms with Crippen LogP contribution in [0.2, 0.25) is 10.0 Å². The number of benzene rings is 2. The molecule has 6 nitrogen and oxygen atoms in total. The van der Waals surface area contributed by atoms with Gasteiger partial charge in [0.25, 0.3) is 5.91 Å². The summed E-state index contributed by atoms with van der Waals surface area (Å²) in [7, 11) is 0. The maximum atomic E-state index is 12.8. The smallest absolute Gasteiger partial charge is 0.322 e. The Morgan fingerprint density at radius 2 is 1.69 bits per heavy atom. The van der Waals surface area contributed by atoms with Crippen molar-refractivity contribution in [2.75, 3.05) is 11.9 Å². The van der Waals surface area contributed by atoms with Gasteiger partial charge in [0.1, 0.15) is 12.1 Å². The first-order chi connectivity index (χ1) is 12.3. The number of nitrogens with one attached hydrogen (secondary N) is 2. The van der Waals surface area contributed by atoms with Gasteiger partial charge in [-0.25, -0.2) is 4.79 Å². The summed E-state index contributed by atoms with van der Waals surface area (Å²) in [6.07, 6.45) is 0. The average Bonchev–Trinajstić information content (AvgIpc) is 2.83. The molecule has 4 amide bonds. The van der Waals surface area contributed by atoms with Crippen molar-refractivity contribution < 1.29 is 14.4 Å². The minimum atomic E-state index is -1.22. The van der Waals surface area contributed by atoms with Crippen LogP contribution in [0, 0.1) is 0 Å². The zero-order valence-corrected chi connectivity index (χ0v) is 15.3. The van der Waals surface area contributed by atoms with E-state index in [4.69, 9.17) is 23.2 Å². The molecule has 1 atom stereocenters. The van der Waals surface area contributed by atoms with Gasteiger partial charge >= 0.3 is 6.03 Å². The Hall–Kier alpha value is -2.57. The summed E-state index contributed by atoms with van der Waals surface area (Å²) < 4.78 is 0. The first kappa shape index (κ1) is 18.2. The Kier molecular flexibility index (Phi) is 4.89. The zero-order chi connectivity index (χ0) is 18.9. The Labute approximate surface area is 160 Å². The summed E-state index contributed by atoms with van der Waals surface area (Å²) in [5.74, 6) is -1.09. The van der Waals surface area contributed by atoms with E-state index in [9.17, 15) is 14.4 Å². The molecule has 0 saturated carbocycles. The second kappa shape index (κ2) is 6.97. The molecule has 0 unspecified atom stereocenters. The highest BCUT2D eigenvalue weighted by atomic mass is 35.5. The first-order valence-electron chi connectivity index (χ1n) is 7.76. The van der Waals surface area contributed by atoms with E-state index in [-0.39, 0.29) is 15.7 Å². The van der Waals surface area contributed by atoms with Gasteiger partial charge in [0.2, 0.25) is 5.91 Å². The highest BCUT2D eigenvalue weighted by Crippen LogP contribution is 2.31. The fraction of sp³-hybridized carbons (Fsp3) is 0.167. The average molecular weight is 392 g/mol. The predicted octanol–water partition coefficient (Wildman–Crippen LogP) is 3.40. The standard InChI is InChI=1S/C18H15Cl2N3O3/c1-18(11-6-3-2-4-7-11)16(25)23(17(26)22-18)10-14(24)21-15-12(19)8-5-9-13(15)20/h2-9H,10H2,1H3,(H,21,24)(H,22,26)/t18-/m0/s1. The van der Waals surface area contributed by atoms with Crippen molar-refractivity contribution in [3.8, 4) is 0 Å². The number of hydrogen-bond acceptors (Lipinski definition) is 3. The molecule has 2 aromatic carbocycles. The van der Waals surface area contributed by atoms with Gasteiger partial charge in [0.15, 0.2) is 0 Å². The van der Waals surface area contributed by atoms with Crippen molar-refractivity contribution in [3.63, 3.8) is 0 Å². The summed E-state index contributed by atoms with van der Waals surface area (Å²) in [6.45, 7) is 1.15. The number of amides is 4. The second-order valence-electron chi connectivity index (χ2n) is 5.96. The van der Waals surface area contributed by atoms with Crippen molar-refractivity contribution in [3.05, 3.63) is 64.1 Å². The second-order valence-corrected chi connectivity index (χ2v) is 6.77. The van der Waals surface area contributed by atoms with Crippen LogP contribution >= 0.6 is 23.2 Å². The molecule has 1 aliphatic rings. The van der Waals surface area contributed by atoms with Crippen LogP contribution in [0.1, 0.15) is 12.5 Å². The molecule has 0 aliphatic carbocycles. The van der Waals surface area contributed by atoms with Crippen LogP contribution in [0.3, 0.4) is 0 Å². The molecule has 0 bridgehead atoms. The number of rotatable bonds is 4. The lowest BCUT2D eigenvalue weighted by Gasteiger charge is -2.22. The van der Waals surface area contributed by atoms with Crippen molar-refractivity contribution >= 4 is 46.7 Å². The van der Waals surface area contributed by atoms with Gasteiger partial charge in [0, 0.05) is 0 Å². The van der Waals surface area contributed by atoms with Crippen LogP contribution in [0.5, 0.6) is 0 Å². The maximum Gasteiger partial charge on any atom is 0.325 e. The fourth-order valence-corrected chi connectivity index (χ4v) is 3.24. The molecule has 2 aromatic rings. The monoisotopic (exact) mass is 391 g/mol. The number of urea groups is 1. The molecular formula is C18H15Cl2N3O3. The van der Waals surface area contributed by atoms with Crippen LogP contribution in [0.15, 0.2) is 48.5 Å². The molecule has 1 heterocycles. The number of carbonyl (C=O) groups is 3. The van der Waals surface area contributed by atoms with Crippen LogP contribution in [0.25, 0.3) is 0 Å². The molecule has 8 heteroatoms. The van der Waals surface area contributed by atoms with Crippen LogP contribution in [-0.2, 0) is 15.1 Å². The fourth-order valence-electron chi connectivity index (χ4n) is 2.75. The first-order valence-corrected chi connectivity index (χ1v) is 8.52. The van der Waals surface area contributed by atoms with Gasteiger partial charge < -0.3 is 10.6 Å². The molecule has 134 valence electrons. The molecule has 1 fully saturated rings. The van der Waals surface area contributed by atoms with E-state index in [0.29, 0.717) is 5.56 Å². The molecular weight excluding hydrogens is 377 g/mol. The van der Waals surface area contributed by atoms with E-state index < -0.39 is 29.9 Å². The normalized spacial score (nSPS) is 19.4. The molecule has 0 spiro atoms. The van der Waals surface area contributed by atoms with Crippen LogP contribution in [0.4, 0.5) is 10.5 Å². The lowest BCUT2D eigenvalue weighted by molar-refractivity contribution is -0.133. The molecule has 1 saturated heterocycles. The third-order valence-corrected chi connectivity index (χ3v) is 4.78. The lowest BCUT2D eigenvalue weighted by Crippen LogP contribution is -2.42. The highest BCUT2D eigenvalue weighted by Gasteiger charge is 2.49. The SMILES string of the molecule is C[C@@]1(c2ccccc2)NC(=O)N(CC(=O)Nc2c(Cl)cccc2Cl)C1=O. The van der Waals surface area contributed by atoms with Crippen molar-refractivity contribution in [1.29, 1.82) is 0 Å². The Morgan fingerprint density at radius 3 is 2.31 bits per heavy atom. The lowest BCUT2D eigenvalue weighted by atomic mass is 9.92. The number of nitrogens with zero attached hydrogens (tertiary/aromatic N) is 1.